The van der Waals surface area contributed by atoms with Crippen molar-refractivity contribution >= 4 is 0 Å². The molecule has 1 aliphatic rings. The molecule has 0 aromatic carbocycles. The summed E-state index contributed by atoms with van der Waals surface area (Å²) < 4.78 is 5.38. The van der Waals surface area contributed by atoms with Crippen LogP contribution in [-0.2, 0) is 6.54 Å². The first-order valence-corrected chi connectivity index (χ1v) is 7.47. The summed E-state index contributed by atoms with van der Waals surface area (Å²) in [5.41, 5.74) is 6.62. The van der Waals surface area contributed by atoms with Crippen molar-refractivity contribution in [3.8, 4) is 11.5 Å². The molecule has 2 atom stereocenters. The lowest BCUT2D eigenvalue weighted by Gasteiger charge is -2.39. The van der Waals surface area contributed by atoms with Gasteiger partial charge in [-0.2, -0.15) is 4.98 Å². The number of pyridine rings is 1. The number of hydrogen-bond donors (Lipinski definition) is 1. The van der Waals surface area contributed by atoms with Gasteiger partial charge in [-0.05, 0) is 31.9 Å². The number of piperidine rings is 1. The Bertz CT molecular complexity index is 570. The van der Waals surface area contributed by atoms with E-state index in [1.165, 1.54) is 12.8 Å². The van der Waals surface area contributed by atoms with E-state index in [0.717, 1.165) is 12.1 Å². The second-order valence-corrected chi connectivity index (χ2v) is 5.57. The first-order valence-electron chi connectivity index (χ1n) is 7.47. The number of likely N-dealkylation sites (tertiary alicyclic amines) is 1. The lowest BCUT2D eigenvalue weighted by molar-refractivity contribution is 0.0770. The minimum absolute atomic E-state index is 0.402. The Hall–Kier alpha value is -1.79. The monoisotopic (exact) mass is 287 g/mol. The van der Waals surface area contributed by atoms with Gasteiger partial charge in [-0.1, -0.05) is 17.6 Å². The summed E-state index contributed by atoms with van der Waals surface area (Å²) in [6.45, 7) is 3.56. The maximum atomic E-state index is 5.89. The zero-order valence-electron chi connectivity index (χ0n) is 12.3. The third-order valence-corrected chi connectivity index (χ3v) is 4.15. The zero-order valence-corrected chi connectivity index (χ0v) is 12.3. The van der Waals surface area contributed by atoms with Gasteiger partial charge in [0.15, 0.2) is 0 Å². The molecule has 0 spiro atoms. The topological polar surface area (TPSA) is 81.1 Å². The normalized spacial score (nSPS) is 23.3. The standard InChI is InChI=1S/C15H21N5O/c1-11-5-4-6-12(9-16)20(11)10-14-18-15(19-21-14)13-7-2-3-8-17-13/h2-3,7-8,11-12H,4-6,9-10,16H2,1H3. The average molecular weight is 287 g/mol. The van der Waals surface area contributed by atoms with Crippen molar-refractivity contribution in [2.75, 3.05) is 6.54 Å². The number of nitrogens with zero attached hydrogens (tertiary/aromatic N) is 4. The maximum absolute atomic E-state index is 5.89. The van der Waals surface area contributed by atoms with Gasteiger partial charge < -0.3 is 10.3 Å². The minimum atomic E-state index is 0.402. The lowest BCUT2D eigenvalue weighted by atomic mass is 9.96. The molecule has 1 aliphatic heterocycles. The van der Waals surface area contributed by atoms with Crippen LogP contribution in [0.15, 0.2) is 28.9 Å². The fraction of sp³-hybridized carbons (Fsp3) is 0.533. The summed E-state index contributed by atoms with van der Waals surface area (Å²) in [4.78, 5) is 11.1. The predicted molar refractivity (Wildman–Crippen MR) is 79.2 cm³/mol. The van der Waals surface area contributed by atoms with Crippen molar-refractivity contribution in [1.82, 2.24) is 20.0 Å². The fourth-order valence-corrected chi connectivity index (χ4v) is 2.95. The molecule has 1 fully saturated rings. The highest BCUT2D eigenvalue weighted by Crippen LogP contribution is 2.24. The second kappa shape index (κ2) is 6.32. The van der Waals surface area contributed by atoms with Gasteiger partial charge >= 0.3 is 0 Å². The van der Waals surface area contributed by atoms with E-state index in [4.69, 9.17) is 10.3 Å². The Kier molecular flexibility index (Phi) is 4.26. The molecule has 3 heterocycles. The van der Waals surface area contributed by atoms with Gasteiger partial charge in [0, 0.05) is 24.8 Å². The SMILES string of the molecule is CC1CCCC(CN)N1Cc1nc(-c2ccccn2)no1. The van der Waals surface area contributed by atoms with Crippen LogP contribution >= 0.6 is 0 Å². The summed E-state index contributed by atoms with van der Waals surface area (Å²) in [5, 5.41) is 4.02. The smallest absolute Gasteiger partial charge is 0.241 e. The number of hydrogen-bond acceptors (Lipinski definition) is 6. The van der Waals surface area contributed by atoms with E-state index in [-0.39, 0.29) is 0 Å². The van der Waals surface area contributed by atoms with Crippen LogP contribution in [0.25, 0.3) is 11.5 Å². The van der Waals surface area contributed by atoms with Crippen LogP contribution in [0.5, 0.6) is 0 Å². The largest absolute Gasteiger partial charge is 0.337 e. The maximum Gasteiger partial charge on any atom is 0.241 e. The molecule has 0 amide bonds. The molecule has 6 heteroatoms. The van der Waals surface area contributed by atoms with Crippen LogP contribution in [0.1, 0.15) is 32.1 Å². The van der Waals surface area contributed by atoms with Crippen molar-refractivity contribution in [1.29, 1.82) is 0 Å². The first kappa shape index (κ1) is 14.2. The molecule has 21 heavy (non-hydrogen) atoms. The summed E-state index contributed by atoms with van der Waals surface area (Å²) in [7, 11) is 0. The van der Waals surface area contributed by atoms with Crippen LogP contribution in [-0.4, -0.2) is 38.7 Å². The van der Waals surface area contributed by atoms with Crippen LogP contribution < -0.4 is 5.73 Å². The Balaban J connectivity index is 1.74. The third kappa shape index (κ3) is 3.11. The summed E-state index contributed by atoms with van der Waals surface area (Å²) >= 11 is 0. The predicted octanol–water partition coefficient (Wildman–Crippen LogP) is 1.83. The molecule has 2 aromatic heterocycles. The highest BCUT2D eigenvalue weighted by Gasteiger charge is 2.28. The average Bonchev–Trinajstić information content (AvgIpc) is 2.99. The molecule has 6 nitrogen and oxygen atoms in total. The second-order valence-electron chi connectivity index (χ2n) is 5.57. The molecular formula is C15H21N5O. The Morgan fingerprint density at radius 3 is 3.05 bits per heavy atom. The quantitative estimate of drug-likeness (QED) is 0.924. The summed E-state index contributed by atoms with van der Waals surface area (Å²) in [6, 6.07) is 6.55. The zero-order chi connectivity index (χ0) is 14.7. The Labute approximate surface area is 124 Å². The molecule has 2 aromatic rings. The molecular weight excluding hydrogens is 266 g/mol. The van der Waals surface area contributed by atoms with Crippen molar-refractivity contribution in [3.63, 3.8) is 0 Å². The van der Waals surface area contributed by atoms with Crippen molar-refractivity contribution in [2.45, 2.75) is 44.8 Å². The summed E-state index contributed by atoms with van der Waals surface area (Å²) in [5.74, 6) is 1.17. The van der Waals surface area contributed by atoms with E-state index in [2.05, 4.69) is 26.9 Å². The number of aromatic nitrogens is 3. The van der Waals surface area contributed by atoms with Crippen molar-refractivity contribution in [3.05, 3.63) is 30.3 Å². The van der Waals surface area contributed by atoms with Gasteiger partial charge in [0.1, 0.15) is 5.69 Å². The minimum Gasteiger partial charge on any atom is -0.337 e. The highest BCUT2D eigenvalue weighted by molar-refractivity contribution is 5.46. The molecule has 0 aliphatic carbocycles. The molecule has 1 saturated heterocycles. The van der Waals surface area contributed by atoms with E-state index >= 15 is 0 Å². The molecule has 3 rings (SSSR count). The molecule has 112 valence electrons. The first-order chi connectivity index (χ1) is 10.3. The van der Waals surface area contributed by atoms with Gasteiger partial charge in [0.05, 0.1) is 6.54 Å². The van der Waals surface area contributed by atoms with E-state index in [0.29, 0.717) is 36.9 Å². The van der Waals surface area contributed by atoms with Crippen LogP contribution in [0.4, 0.5) is 0 Å². The van der Waals surface area contributed by atoms with E-state index in [9.17, 15) is 0 Å². The third-order valence-electron chi connectivity index (χ3n) is 4.15. The van der Waals surface area contributed by atoms with Crippen LogP contribution in [0.3, 0.4) is 0 Å². The fourth-order valence-electron chi connectivity index (χ4n) is 2.95. The Morgan fingerprint density at radius 2 is 2.29 bits per heavy atom. The van der Waals surface area contributed by atoms with Crippen LogP contribution in [0, 0.1) is 0 Å². The van der Waals surface area contributed by atoms with Crippen molar-refractivity contribution in [2.24, 2.45) is 5.73 Å². The molecule has 2 N–H and O–H groups in total. The number of rotatable bonds is 4. The van der Waals surface area contributed by atoms with Gasteiger partial charge in [0.25, 0.3) is 0 Å². The molecule has 0 saturated carbocycles. The van der Waals surface area contributed by atoms with Crippen LogP contribution in [0.2, 0.25) is 0 Å². The van der Waals surface area contributed by atoms with Gasteiger partial charge in [-0.25, -0.2) is 0 Å². The van der Waals surface area contributed by atoms with E-state index in [1.54, 1.807) is 6.20 Å². The van der Waals surface area contributed by atoms with Gasteiger partial charge in [0.2, 0.25) is 11.7 Å². The lowest BCUT2D eigenvalue weighted by Crippen LogP contribution is -2.48. The van der Waals surface area contributed by atoms with E-state index in [1.807, 2.05) is 18.2 Å². The molecule has 0 bridgehead atoms. The van der Waals surface area contributed by atoms with Gasteiger partial charge in [-0.15, -0.1) is 0 Å². The molecule has 2 unspecified atom stereocenters. The summed E-state index contributed by atoms with van der Waals surface area (Å²) in [6.07, 6.45) is 5.30. The van der Waals surface area contributed by atoms with Gasteiger partial charge in [-0.3, -0.25) is 9.88 Å². The highest BCUT2D eigenvalue weighted by atomic mass is 16.5. The number of nitrogens with two attached hydrogens (primary N) is 1. The van der Waals surface area contributed by atoms with E-state index < -0.39 is 0 Å². The van der Waals surface area contributed by atoms with Crippen molar-refractivity contribution < 1.29 is 4.52 Å². The molecule has 0 radical (unpaired) electrons. The Morgan fingerprint density at radius 1 is 1.38 bits per heavy atom.